The third-order valence-electron chi connectivity index (χ3n) is 5.51. The number of rotatable bonds is 5. The number of imidazole rings is 1. The van der Waals surface area contributed by atoms with Gasteiger partial charge in [-0.25, -0.2) is 17.7 Å². The van der Waals surface area contributed by atoms with Crippen LogP contribution in [0.5, 0.6) is 0 Å². The smallest absolute Gasteiger partial charge is 0.320 e. The van der Waals surface area contributed by atoms with Gasteiger partial charge in [-0.05, 0) is 36.5 Å². The van der Waals surface area contributed by atoms with Crippen molar-refractivity contribution in [3.8, 4) is 0 Å². The molecule has 1 aliphatic heterocycles. The number of nitrogens with zero attached hydrogens (tertiary/aromatic N) is 3. The summed E-state index contributed by atoms with van der Waals surface area (Å²) in [6.07, 6.45) is -3.52. The summed E-state index contributed by atoms with van der Waals surface area (Å²) in [7, 11) is -3.45. The normalized spacial score (nSPS) is 16.9. The maximum Gasteiger partial charge on any atom is 0.449 e. The molecule has 1 saturated heterocycles. The van der Waals surface area contributed by atoms with Crippen LogP contribution in [0.2, 0.25) is 0 Å². The molecule has 0 saturated carbocycles. The first kappa shape index (κ1) is 20.9. The molecule has 1 fully saturated rings. The molecule has 3 aromatic rings. The first-order valence-electron chi connectivity index (χ1n) is 9.78. The van der Waals surface area contributed by atoms with Gasteiger partial charge in [0.05, 0.1) is 16.8 Å². The van der Waals surface area contributed by atoms with E-state index in [4.69, 9.17) is 0 Å². The highest BCUT2D eigenvalue weighted by atomic mass is 32.2. The Kier molecular flexibility index (Phi) is 5.59. The molecule has 4 rings (SSSR count). The van der Waals surface area contributed by atoms with Crippen molar-refractivity contribution in [2.75, 3.05) is 13.1 Å². The van der Waals surface area contributed by atoms with Crippen molar-refractivity contribution < 1.29 is 21.6 Å². The molecule has 1 aromatic heterocycles. The molecule has 1 aliphatic rings. The van der Waals surface area contributed by atoms with E-state index >= 15 is 0 Å². The Morgan fingerprint density at radius 2 is 1.60 bits per heavy atom. The summed E-state index contributed by atoms with van der Waals surface area (Å²) in [5, 5.41) is 0. The Balaban J connectivity index is 1.47. The zero-order chi connectivity index (χ0) is 21.4. The van der Waals surface area contributed by atoms with Gasteiger partial charge in [0, 0.05) is 19.6 Å². The number of halogens is 3. The first-order chi connectivity index (χ1) is 14.2. The van der Waals surface area contributed by atoms with Gasteiger partial charge in [0.25, 0.3) is 0 Å². The Morgan fingerprint density at radius 3 is 2.27 bits per heavy atom. The SMILES string of the molecule is O=S(=O)(Cc1ccccc1)N1CCC(Cn2c(C(F)(F)F)nc3ccccc32)CC1. The lowest BCUT2D eigenvalue weighted by Crippen LogP contribution is -2.40. The number of sulfonamides is 1. The number of piperidine rings is 1. The molecule has 0 unspecified atom stereocenters. The Bertz CT molecular complexity index is 1120. The van der Waals surface area contributed by atoms with E-state index in [-0.39, 0.29) is 18.2 Å². The predicted molar refractivity (Wildman–Crippen MR) is 108 cm³/mol. The molecule has 0 aliphatic carbocycles. The second-order valence-electron chi connectivity index (χ2n) is 7.62. The molecule has 9 heteroatoms. The van der Waals surface area contributed by atoms with Crippen LogP contribution in [-0.2, 0) is 28.5 Å². The number of hydrogen-bond donors (Lipinski definition) is 0. The predicted octanol–water partition coefficient (Wildman–Crippen LogP) is 4.30. The van der Waals surface area contributed by atoms with E-state index < -0.39 is 22.0 Å². The number of fused-ring (bicyclic) bond motifs is 1. The first-order valence-corrected chi connectivity index (χ1v) is 11.4. The van der Waals surface area contributed by atoms with Crippen molar-refractivity contribution in [3.05, 3.63) is 66.0 Å². The van der Waals surface area contributed by atoms with Gasteiger partial charge in [0.15, 0.2) is 0 Å². The summed E-state index contributed by atoms with van der Waals surface area (Å²) in [6, 6.07) is 15.5. The van der Waals surface area contributed by atoms with Crippen LogP contribution in [-0.4, -0.2) is 35.4 Å². The maximum absolute atomic E-state index is 13.5. The van der Waals surface area contributed by atoms with Crippen LogP contribution in [0.4, 0.5) is 13.2 Å². The van der Waals surface area contributed by atoms with E-state index in [2.05, 4.69) is 4.98 Å². The molecule has 0 atom stereocenters. The highest BCUT2D eigenvalue weighted by Gasteiger charge is 2.38. The van der Waals surface area contributed by atoms with Crippen molar-refractivity contribution in [1.82, 2.24) is 13.9 Å². The van der Waals surface area contributed by atoms with Gasteiger partial charge in [-0.2, -0.15) is 13.2 Å². The van der Waals surface area contributed by atoms with Crippen LogP contribution >= 0.6 is 0 Å². The number of alkyl halides is 3. The Labute approximate surface area is 173 Å². The van der Waals surface area contributed by atoms with Gasteiger partial charge in [0.1, 0.15) is 0 Å². The van der Waals surface area contributed by atoms with Gasteiger partial charge in [-0.15, -0.1) is 0 Å². The minimum Gasteiger partial charge on any atom is -0.320 e. The van der Waals surface area contributed by atoms with Gasteiger partial charge in [0.2, 0.25) is 15.8 Å². The monoisotopic (exact) mass is 437 g/mol. The summed E-state index contributed by atoms with van der Waals surface area (Å²) in [5.74, 6) is -1.02. The zero-order valence-electron chi connectivity index (χ0n) is 16.2. The molecule has 2 aromatic carbocycles. The second kappa shape index (κ2) is 8.03. The minimum absolute atomic E-state index is 0.0492. The van der Waals surface area contributed by atoms with Crippen molar-refractivity contribution in [2.45, 2.75) is 31.3 Å². The molecular formula is C21H22F3N3O2S. The largest absolute Gasteiger partial charge is 0.449 e. The molecule has 0 amide bonds. The molecule has 30 heavy (non-hydrogen) atoms. The zero-order valence-corrected chi connectivity index (χ0v) is 17.0. The van der Waals surface area contributed by atoms with Crippen LogP contribution in [0.3, 0.4) is 0 Å². The van der Waals surface area contributed by atoms with Crippen molar-refractivity contribution in [2.24, 2.45) is 5.92 Å². The average molecular weight is 437 g/mol. The fourth-order valence-electron chi connectivity index (χ4n) is 3.98. The number of hydrogen-bond acceptors (Lipinski definition) is 3. The summed E-state index contributed by atoms with van der Waals surface area (Å²) in [4.78, 5) is 3.78. The van der Waals surface area contributed by atoms with E-state index in [0.29, 0.717) is 37.0 Å². The van der Waals surface area contributed by atoms with Crippen LogP contribution in [0, 0.1) is 5.92 Å². The van der Waals surface area contributed by atoms with Gasteiger partial charge < -0.3 is 4.57 Å². The van der Waals surface area contributed by atoms with E-state index in [1.54, 1.807) is 48.5 Å². The Hall–Kier alpha value is -2.39. The standard InChI is InChI=1S/C21H22F3N3O2S/c22-21(23,24)20-25-18-8-4-5-9-19(18)27(20)14-16-10-12-26(13-11-16)30(28,29)15-17-6-2-1-3-7-17/h1-9,16H,10-15H2. The molecule has 0 N–H and O–H groups in total. The van der Waals surface area contributed by atoms with Crippen LogP contribution in [0.15, 0.2) is 54.6 Å². The van der Waals surface area contributed by atoms with Gasteiger partial charge >= 0.3 is 6.18 Å². The third kappa shape index (κ3) is 4.37. The lowest BCUT2D eigenvalue weighted by Gasteiger charge is -2.31. The maximum atomic E-state index is 13.5. The molecule has 160 valence electrons. The number of benzene rings is 2. The van der Waals surface area contributed by atoms with Gasteiger partial charge in [-0.1, -0.05) is 42.5 Å². The van der Waals surface area contributed by atoms with Crippen LogP contribution in [0.1, 0.15) is 24.2 Å². The fraction of sp³-hybridized carbons (Fsp3) is 0.381. The Morgan fingerprint density at radius 1 is 0.967 bits per heavy atom. The minimum atomic E-state index is -4.54. The summed E-state index contributed by atoms with van der Waals surface area (Å²) in [5.41, 5.74) is 1.48. The quantitative estimate of drug-likeness (QED) is 0.598. The molecule has 0 bridgehead atoms. The highest BCUT2D eigenvalue weighted by molar-refractivity contribution is 7.88. The van der Waals surface area contributed by atoms with Crippen LogP contribution < -0.4 is 0 Å². The van der Waals surface area contributed by atoms with Crippen LogP contribution in [0.25, 0.3) is 11.0 Å². The number of para-hydroxylation sites is 2. The molecular weight excluding hydrogens is 415 g/mol. The molecule has 0 radical (unpaired) electrons. The van der Waals surface area contributed by atoms with E-state index in [1.807, 2.05) is 6.07 Å². The summed E-state index contributed by atoms with van der Waals surface area (Å²) < 4.78 is 68.6. The van der Waals surface area contributed by atoms with E-state index in [0.717, 1.165) is 5.56 Å². The second-order valence-corrected chi connectivity index (χ2v) is 9.59. The lowest BCUT2D eigenvalue weighted by atomic mass is 9.98. The average Bonchev–Trinajstić information content (AvgIpc) is 3.08. The third-order valence-corrected chi connectivity index (χ3v) is 7.36. The molecule has 5 nitrogen and oxygen atoms in total. The topological polar surface area (TPSA) is 55.2 Å². The van der Waals surface area contributed by atoms with E-state index in [9.17, 15) is 21.6 Å². The summed E-state index contributed by atoms with van der Waals surface area (Å²) in [6.45, 7) is 0.795. The van der Waals surface area contributed by atoms with Crippen molar-refractivity contribution in [3.63, 3.8) is 0 Å². The number of aromatic nitrogens is 2. The lowest BCUT2D eigenvalue weighted by molar-refractivity contribution is -0.147. The molecule has 0 spiro atoms. The fourth-order valence-corrected chi connectivity index (χ4v) is 5.54. The highest BCUT2D eigenvalue weighted by Crippen LogP contribution is 2.33. The van der Waals surface area contributed by atoms with E-state index in [1.165, 1.54) is 8.87 Å². The van der Waals surface area contributed by atoms with Crippen molar-refractivity contribution in [1.29, 1.82) is 0 Å². The van der Waals surface area contributed by atoms with Gasteiger partial charge in [-0.3, -0.25) is 0 Å². The van der Waals surface area contributed by atoms with Crippen molar-refractivity contribution >= 4 is 21.1 Å². The summed E-state index contributed by atoms with van der Waals surface area (Å²) >= 11 is 0. The molecule has 2 heterocycles.